The van der Waals surface area contributed by atoms with E-state index in [1.165, 1.54) is 11.8 Å². The van der Waals surface area contributed by atoms with E-state index in [-0.39, 0.29) is 31.4 Å². The summed E-state index contributed by atoms with van der Waals surface area (Å²) in [6.07, 6.45) is 1.43. The summed E-state index contributed by atoms with van der Waals surface area (Å²) >= 11 is 1.52. The predicted octanol–water partition coefficient (Wildman–Crippen LogP) is 1.05. The number of nitrogens with one attached hydrogen (secondary N) is 1. The first kappa shape index (κ1) is 28.0. The number of carbonyl (C=O) groups excluding carboxylic acids is 2. The van der Waals surface area contributed by atoms with E-state index in [1.54, 1.807) is 12.1 Å². The van der Waals surface area contributed by atoms with Gasteiger partial charge < -0.3 is 24.7 Å². The van der Waals surface area contributed by atoms with Crippen LogP contribution in [0, 0.1) is 6.92 Å². The maximum absolute atomic E-state index is 13.2. The van der Waals surface area contributed by atoms with Gasteiger partial charge in [-0.15, -0.1) is 0 Å². The van der Waals surface area contributed by atoms with Gasteiger partial charge in [0, 0.05) is 11.1 Å². The molecule has 2 unspecified atom stereocenters. The van der Waals surface area contributed by atoms with E-state index < -0.39 is 24.2 Å². The van der Waals surface area contributed by atoms with Crippen molar-refractivity contribution in [3.05, 3.63) is 95.1 Å². The summed E-state index contributed by atoms with van der Waals surface area (Å²) in [5.41, 5.74) is 4.78. The minimum absolute atomic E-state index is 0. The van der Waals surface area contributed by atoms with Gasteiger partial charge in [0.25, 0.3) is 5.91 Å². The molecule has 0 aromatic heterocycles. The molecule has 1 heterocycles. The van der Waals surface area contributed by atoms with Gasteiger partial charge in [0.1, 0.15) is 6.10 Å². The van der Waals surface area contributed by atoms with Crippen LogP contribution < -0.4 is 29.3 Å². The Morgan fingerprint density at radius 2 is 1.75 bits per heavy atom. The van der Waals surface area contributed by atoms with E-state index in [9.17, 15) is 14.7 Å². The van der Waals surface area contributed by atoms with Crippen LogP contribution in [-0.4, -0.2) is 36.5 Å². The minimum Gasteiger partial charge on any atom is -0.548 e. The zero-order chi connectivity index (χ0) is 24.8. The molecule has 1 aliphatic heterocycles. The van der Waals surface area contributed by atoms with Crippen LogP contribution in [0.4, 0.5) is 0 Å². The fraction of sp³-hybridized carbons (Fsp3) is 0.286. The van der Waals surface area contributed by atoms with E-state index in [4.69, 9.17) is 9.47 Å². The van der Waals surface area contributed by atoms with Crippen LogP contribution in [-0.2, 0) is 14.3 Å². The maximum atomic E-state index is 13.2. The van der Waals surface area contributed by atoms with Crippen LogP contribution in [0.3, 0.4) is 0 Å². The molecular weight excluding hydrogens is 469 g/mol. The molecular formula is C28H28LiNO5S. The standard InChI is InChI=1S/C28H29NO5S.Li/c1-18-8-6-7-11-21(18)23-16-20(28-33-17-25(34-28)19-9-4-3-5-10-19)12-13-22(23)26(30)29-24(27(31)32)14-15-35-2;/h3-13,16,24-25,28H,14-15,17H2,1-2H3,(H,29,30)(H,31,32);/q;+1/p-1/t24-,25?,28?;/m0./s1. The fourth-order valence-electron chi connectivity index (χ4n) is 4.14. The van der Waals surface area contributed by atoms with Crippen molar-refractivity contribution in [2.75, 3.05) is 18.6 Å². The average molecular weight is 498 g/mol. The molecule has 182 valence electrons. The predicted molar refractivity (Wildman–Crippen MR) is 135 cm³/mol. The molecule has 6 nitrogen and oxygen atoms in total. The summed E-state index contributed by atoms with van der Waals surface area (Å²) in [4.78, 5) is 24.8. The van der Waals surface area contributed by atoms with Crippen molar-refractivity contribution in [3.8, 4) is 11.1 Å². The Kier molecular flexibility index (Phi) is 10.2. The molecule has 0 saturated carbocycles. The molecule has 0 radical (unpaired) electrons. The van der Waals surface area contributed by atoms with Crippen LogP contribution in [0.25, 0.3) is 11.1 Å². The van der Waals surface area contributed by atoms with Gasteiger partial charge in [-0.2, -0.15) is 11.8 Å². The second kappa shape index (κ2) is 13.1. The molecule has 3 aromatic rings. The van der Waals surface area contributed by atoms with Gasteiger partial charge >= 0.3 is 18.9 Å². The Balaban J connectivity index is 0.00000361. The summed E-state index contributed by atoms with van der Waals surface area (Å²) in [6, 6.07) is 22.0. The quantitative estimate of drug-likeness (QED) is 0.445. The normalized spacial score (nSPS) is 17.7. The van der Waals surface area contributed by atoms with Crippen LogP contribution in [0.1, 0.15) is 45.9 Å². The topological polar surface area (TPSA) is 87.7 Å². The van der Waals surface area contributed by atoms with E-state index >= 15 is 0 Å². The molecule has 3 atom stereocenters. The van der Waals surface area contributed by atoms with Crippen LogP contribution in [0.5, 0.6) is 0 Å². The van der Waals surface area contributed by atoms with Crippen molar-refractivity contribution in [1.29, 1.82) is 0 Å². The van der Waals surface area contributed by atoms with Gasteiger partial charge in [-0.1, -0.05) is 60.7 Å². The summed E-state index contributed by atoms with van der Waals surface area (Å²) in [5.74, 6) is -1.15. The van der Waals surface area contributed by atoms with Gasteiger partial charge in [-0.05, 0) is 59.7 Å². The fourth-order valence-corrected chi connectivity index (χ4v) is 4.62. The summed E-state index contributed by atoms with van der Waals surface area (Å²) in [5, 5.41) is 14.2. The third kappa shape index (κ3) is 6.61. The monoisotopic (exact) mass is 497 g/mol. The number of carboxylic acid groups (broad SMARTS) is 1. The number of rotatable bonds is 9. The molecule has 8 heteroatoms. The van der Waals surface area contributed by atoms with Crippen molar-refractivity contribution in [2.45, 2.75) is 31.8 Å². The molecule has 0 spiro atoms. The molecule has 1 fully saturated rings. The number of ether oxygens (including phenoxy) is 2. The molecule has 1 aliphatic rings. The molecule has 1 amide bonds. The van der Waals surface area contributed by atoms with Crippen molar-refractivity contribution >= 4 is 23.6 Å². The van der Waals surface area contributed by atoms with Crippen LogP contribution >= 0.6 is 11.8 Å². The van der Waals surface area contributed by atoms with E-state index in [1.807, 2.05) is 73.8 Å². The Morgan fingerprint density at radius 3 is 2.44 bits per heavy atom. The number of aliphatic carboxylic acids is 1. The first-order valence-electron chi connectivity index (χ1n) is 11.5. The Labute approximate surface area is 228 Å². The van der Waals surface area contributed by atoms with E-state index in [0.29, 0.717) is 23.5 Å². The van der Waals surface area contributed by atoms with E-state index in [2.05, 4.69) is 5.32 Å². The molecule has 1 N–H and O–H groups in total. The van der Waals surface area contributed by atoms with E-state index in [0.717, 1.165) is 22.3 Å². The van der Waals surface area contributed by atoms with Gasteiger partial charge in [0.15, 0.2) is 6.29 Å². The summed E-state index contributed by atoms with van der Waals surface area (Å²) in [6.45, 7) is 2.40. The van der Waals surface area contributed by atoms with Gasteiger partial charge in [0.2, 0.25) is 0 Å². The Hall–Kier alpha value is -2.53. The van der Waals surface area contributed by atoms with Gasteiger partial charge in [0.05, 0.1) is 18.6 Å². The number of hydrogen-bond donors (Lipinski definition) is 1. The molecule has 4 rings (SSSR count). The number of amides is 1. The first-order chi connectivity index (χ1) is 17.0. The average Bonchev–Trinajstić information content (AvgIpc) is 3.37. The number of aryl methyl sites for hydroxylation is 1. The molecule has 36 heavy (non-hydrogen) atoms. The zero-order valence-corrected chi connectivity index (χ0v) is 21.5. The SMILES string of the molecule is CSCC[C@H](NC(=O)c1ccc(C2OCC(c3ccccc3)O2)cc1-c1ccccc1C)C(=O)[O-].[Li+]. The number of carbonyl (C=O) groups is 2. The van der Waals surface area contributed by atoms with Crippen molar-refractivity contribution < 1.29 is 43.0 Å². The van der Waals surface area contributed by atoms with Gasteiger partial charge in [-0.3, -0.25) is 4.79 Å². The smallest absolute Gasteiger partial charge is 0.548 e. The number of benzene rings is 3. The number of carboxylic acids is 1. The van der Waals surface area contributed by atoms with Gasteiger partial charge in [-0.25, -0.2) is 0 Å². The molecule has 1 saturated heterocycles. The largest absolute Gasteiger partial charge is 1.00 e. The zero-order valence-electron chi connectivity index (χ0n) is 20.7. The third-order valence-electron chi connectivity index (χ3n) is 6.05. The first-order valence-corrected chi connectivity index (χ1v) is 12.9. The van der Waals surface area contributed by atoms with Crippen molar-refractivity contribution in [2.24, 2.45) is 0 Å². The molecule has 3 aromatic carbocycles. The molecule has 0 bridgehead atoms. The second-order valence-electron chi connectivity index (χ2n) is 8.45. The number of hydrogen-bond acceptors (Lipinski definition) is 6. The molecule has 0 aliphatic carbocycles. The van der Waals surface area contributed by atoms with Crippen molar-refractivity contribution in [1.82, 2.24) is 5.32 Å². The van der Waals surface area contributed by atoms with Crippen LogP contribution in [0.15, 0.2) is 72.8 Å². The second-order valence-corrected chi connectivity index (χ2v) is 9.43. The Morgan fingerprint density at radius 1 is 1.03 bits per heavy atom. The summed E-state index contributed by atoms with van der Waals surface area (Å²) in [7, 11) is 0. The maximum Gasteiger partial charge on any atom is 1.00 e. The van der Waals surface area contributed by atoms with Crippen LogP contribution in [0.2, 0.25) is 0 Å². The minimum atomic E-state index is -1.29. The Bertz CT molecular complexity index is 1190. The number of thioether (sulfide) groups is 1. The summed E-state index contributed by atoms with van der Waals surface area (Å²) < 4.78 is 12.1. The van der Waals surface area contributed by atoms with Crippen molar-refractivity contribution in [3.63, 3.8) is 0 Å². The third-order valence-corrected chi connectivity index (χ3v) is 6.70.